The van der Waals surface area contributed by atoms with E-state index in [0.717, 1.165) is 0 Å². The lowest BCUT2D eigenvalue weighted by Crippen LogP contribution is -2.46. The number of carbonyl (C=O) groups excluding carboxylic acids is 3. The van der Waals surface area contributed by atoms with Crippen molar-refractivity contribution >= 4 is 39.8 Å². The van der Waals surface area contributed by atoms with Crippen molar-refractivity contribution in [1.29, 1.82) is 0 Å². The number of phenolic OH excluding ortho intramolecular Hbond substituents is 2. The molecule has 2 aromatic carbocycles. The largest absolute Gasteiger partial charge is 0.507 e. The second-order valence-electron chi connectivity index (χ2n) is 14.6. The minimum Gasteiger partial charge on any atom is -0.507 e. The van der Waals surface area contributed by atoms with Crippen LogP contribution in [0.3, 0.4) is 0 Å². The van der Waals surface area contributed by atoms with Gasteiger partial charge in [0.05, 0.1) is 41.2 Å². The number of hydrogen-bond donors (Lipinski definition) is 5. The summed E-state index contributed by atoms with van der Waals surface area (Å²) in [4.78, 5) is 42.1. The van der Waals surface area contributed by atoms with Crippen molar-refractivity contribution in [3.8, 4) is 17.2 Å². The number of anilines is 2. The molecule has 0 fully saturated rings. The molecule has 0 spiro atoms. The Morgan fingerprint density at radius 1 is 0.963 bits per heavy atom. The van der Waals surface area contributed by atoms with Crippen LogP contribution in [0, 0.1) is 30.6 Å². The fourth-order valence-electron chi connectivity index (χ4n) is 7.46. The molecular weight excluding hydrogens is 696 g/mol. The van der Waals surface area contributed by atoms with E-state index in [9.17, 15) is 34.8 Å². The van der Waals surface area contributed by atoms with E-state index in [1.807, 2.05) is 18.7 Å². The van der Waals surface area contributed by atoms with Crippen LogP contribution < -0.4 is 15.0 Å². The van der Waals surface area contributed by atoms with Gasteiger partial charge in [-0.15, -0.1) is 0 Å². The molecule has 2 aromatic rings. The molecule has 5 N–H and O–H groups in total. The van der Waals surface area contributed by atoms with Crippen molar-refractivity contribution in [1.82, 2.24) is 0 Å². The highest BCUT2D eigenvalue weighted by Crippen LogP contribution is 2.54. The lowest BCUT2D eigenvalue weighted by molar-refractivity contribution is -0.160. The maximum absolute atomic E-state index is 14.4. The summed E-state index contributed by atoms with van der Waals surface area (Å²) in [7, 11) is 1.47. The van der Waals surface area contributed by atoms with Gasteiger partial charge in [-0.1, -0.05) is 45.9 Å². The van der Waals surface area contributed by atoms with Gasteiger partial charge < -0.3 is 49.6 Å². The quantitative estimate of drug-likeness (QED) is 0.180. The number of hydrogen-bond acceptors (Lipinski definition) is 12. The van der Waals surface area contributed by atoms with Gasteiger partial charge in [0.25, 0.3) is 11.7 Å². The number of amides is 1. The highest BCUT2D eigenvalue weighted by Gasteiger charge is 2.49. The maximum Gasteiger partial charge on any atom is 0.312 e. The molecule has 13 nitrogen and oxygen atoms in total. The van der Waals surface area contributed by atoms with Gasteiger partial charge in [0.15, 0.2) is 5.75 Å². The molecule has 296 valence electrons. The predicted octanol–water partition coefficient (Wildman–Crippen LogP) is 5.89. The first-order valence-corrected chi connectivity index (χ1v) is 18.5. The van der Waals surface area contributed by atoms with Crippen LogP contribution in [0.4, 0.5) is 11.4 Å². The van der Waals surface area contributed by atoms with Crippen LogP contribution in [0.5, 0.6) is 17.2 Å². The summed E-state index contributed by atoms with van der Waals surface area (Å²) in [6.07, 6.45) is 4.02. The Kier molecular flexibility index (Phi) is 13.1. The highest BCUT2D eigenvalue weighted by atomic mass is 16.7. The molecule has 5 bridgehead atoms. The smallest absolute Gasteiger partial charge is 0.312 e. The molecule has 9 unspecified atom stereocenters. The summed E-state index contributed by atoms with van der Waals surface area (Å²) in [5.41, 5.74) is 1.06. The SMILES string of the molecule is CCN(CC)c1cc2c(O)c3c(O)c(C)c4c(c13)C(=O)C(C)(OC=CC(OC)C(C)C(OC(C)=O)C(C)C(O)C(C)C(O)C(C)C=CC=C(C)C(=O)N2)O4. The van der Waals surface area contributed by atoms with E-state index in [2.05, 4.69) is 5.32 Å². The third-order valence-electron chi connectivity index (χ3n) is 10.9. The molecule has 0 saturated heterocycles. The van der Waals surface area contributed by atoms with E-state index in [1.165, 1.54) is 27.2 Å². The van der Waals surface area contributed by atoms with E-state index in [1.54, 1.807) is 71.9 Å². The number of Topliss-reactive ketones (excluding diaryl/α,β-unsaturated/α-hetero) is 1. The fraction of sp³-hybridized carbons (Fsp3) is 0.537. The second kappa shape index (κ2) is 16.8. The number of nitrogens with zero attached hydrogens (tertiary/aromatic N) is 1. The summed E-state index contributed by atoms with van der Waals surface area (Å²) in [6, 6.07) is 1.57. The molecule has 3 aliphatic heterocycles. The van der Waals surface area contributed by atoms with E-state index in [0.29, 0.717) is 18.8 Å². The van der Waals surface area contributed by atoms with Crippen LogP contribution in [0.15, 0.2) is 42.2 Å². The monoisotopic (exact) mass is 752 g/mol. The third kappa shape index (κ3) is 7.94. The topological polar surface area (TPSA) is 184 Å². The molecule has 9 atom stereocenters. The predicted molar refractivity (Wildman–Crippen MR) is 206 cm³/mol. The van der Waals surface area contributed by atoms with Gasteiger partial charge in [0.1, 0.15) is 17.6 Å². The maximum atomic E-state index is 14.4. The minimum atomic E-state index is -1.90. The van der Waals surface area contributed by atoms with Gasteiger partial charge in [0, 0.05) is 79.9 Å². The molecule has 3 aliphatic rings. The zero-order valence-electron chi connectivity index (χ0n) is 33.1. The van der Waals surface area contributed by atoms with Gasteiger partial charge in [-0.05, 0) is 39.8 Å². The Bertz CT molecular complexity index is 1850. The van der Waals surface area contributed by atoms with Crippen molar-refractivity contribution in [2.24, 2.45) is 23.7 Å². The Hall–Kier alpha value is -4.59. The number of phenols is 2. The lowest BCUT2D eigenvalue weighted by atomic mass is 9.78. The summed E-state index contributed by atoms with van der Waals surface area (Å²) in [5, 5.41) is 49.0. The van der Waals surface area contributed by atoms with E-state index in [-0.39, 0.29) is 44.7 Å². The van der Waals surface area contributed by atoms with Crippen molar-refractivity contribution in [2.75, 3.05) is 30.4 Å². The number of aliphatic hydroxyl groups excluding tert-OH is 2. The lowest BCUT2D eigenvalue weighted by Gasteiger charge is -2.38. The van der Waals surface area contributed by atoms with Crippen LogP contribution in [-0.2, 0) is 23.8 Å². The number of aromatic hydroxyl groups is 2. The van der Waals surface area contributed by atoms with E-state index in [4.69, 9.17) is 18.9 Å². The molecule has 0 radical (unpaired) electrons. The number of benzene rings is 2. The summed E-state index contributed by atoms with van der Waals surface area (Å²) in [5.74, 6) is -6.56. The van der Waals surface area contributed by atoms with Gasteiger partial charge in [0.2, 0.25) is 0 Å². The number of rotatable bonds is 5. The molecule has 5 rings (SSSR count). The molecule has 0 aromatic heterocycles. The number of fused-ring (bicyclic) bond motifs is 14. The molecule has 0 aliphatic carbocycles. The van der Waals surface area contributed by atoms with E-state index >= 15 is 0 Å². The molecule has 3 heterocycles. The number of ether oxygens (including phenoxy) is 4. The Morgan fingerprint density at radius 3 is 2.20 bits per heavy atom. The number of nitrogens with one attached hydrogen (secondary N) is 1. The van der Waals surface area contributed by atoms with E-state index < -0.39 is 77.3 Å². The normalized spacial score (nSPS) is 29.5. The Labute approximate surface area is 317 Å². The fourth-order valence-corrected chi connectivity index (χ4v) is 7.46. The first-order valence-electron chi connectivity index (χ1n) is 18.5. The third-order valence-corrected chi connectivity index (χ3v) is 10.9. The zero-order valence-corrected chi connectivity index (χ0v) is 33.1. The van der Waals surface area contributed by atoms with Gasteiger partial charge >= 0.3 is 11.8 Å². The van der Waals surface area contributed by atoms with Gasteiger partial charge in [-0.25, -0.2) is 0 Å². The van der Waals surface area contributed by atoms with Crippen LogP contribution in [-0.4, -0.2) is 88.5 Å². The Morgan fingerprint density at radius 2 is 1.61 bits per heavy atom. The molecule has 13 heteroatoms. The van der Waals surface area contributed by atoms with Crippen LogP contribution >= 0.6 is 0 Å². The number of allylic oxidation sites excluding steroid dienone is 2. The van der Waals surface area contributed by atoms with Crippen molar-refractivity contribution in [3.05, 3.63) is 53.3 Å². The highest BCUT2D eigenvalue weighted by molar-refractivity contribution is 6.23. The second-order valence-corrected chi connectivity index (χ2v) is 14.6. The van der Waals surface area contributed by atoms with Crippen molar-refractivity contribution < 1.29 is 53.8 Å². The number of aliphatic hydroxyl groups is 2. The average Bonchev–Trinajstić information content (AvgIpc) is 3.40. The summed E-state index contributed by atoms with van der Waals surface area (Å²) >= 11 is 0. The molecular formula is C41H56N2O11. The van der Waals surface area contributed by atoms with Gasteiger partial charge in [-0.2, -0.15) is 0 Å². The summed E-state index contributed by atoms with van der Waals surface area (Å²) < 4.78 is 23.7. The molecule has 0 saturated carbocycles. The van der Waals surface area contributed by atoms with Crippen LogP contribution in [0.2, 0.25) is 0 Å². The Balaban J connectivity index is 1.95. The average molecular weight is 753 g/mol. The molecule has 54 heavy (non-hydrogen) atoms. The first kappa shape index (κ1) is 42.2. The van der Waals surface area contributed by atoms with Crippen molar-refractivity contribution in [2.45, 2.75) is 99.4 Å². The summed E-state index contributed by atoms with van der Waals surface area (Å²) in [6.45, 7) is 17.7. The van der Waals surface area contributed by atoms with Crippen molar-refractivity contribution in [3.63, 3.8) is 0 Å². The van der Waals surface area contributed by atoms with Crippen LogP contribution in [0.1, 0.15) is 78.2 Å². The number of ketones is 1. The minimum absolute atomic E-state index is 0.0241. The first-order chi connectivity index (χ1) is 25.3. The van der Waals surface area contributed by atoms with Crippen LogP contribution in [0.25, 0.3) is 10.8 Å². The standard InChI is InChI=1S/C41H56N2O11/c1-12-43(13-2)28-19-27-36(48)31-30(28)32-38(25(8)35(31)47)54-41(10,39(32)49)52-18-17-29(51-11)22(5)37(53-26(9)44)24(7)34(46)23(6)33(45)20(3)15-14-16-21(4)40(50)42-27/h14-20,22-24,29,33-34,37,45-48H,12-13H2,1-11H3,(H,42,50). The number of carbonyl (C=O) groups is 3. The number of esters is 1. The zero-order chi connectivity index (χ0) is 40.4. The molecule has 1 amide bonds. The number of methoxy groups -OCH3 is 1. The van der Waals surface area contributed by atoms with Gasteiger partial charge in [-0.3, -0.25) is 14.4 Å².